The van der Waals surface area contributed by atoms with Crippen molar-refractivity contribution in [3.63, 3.8) is 0 Å². The van der Waals surface area contributed by atoms with E-state index in [0.29, 0.717) is 23.1 Å². The van der Waals surface area contributed by atoms with Gasteiger partial charge < -0.3 is 15.0 Å². The van der Waals surface area contributed by atoms with Gasteiger partial charge in [0.15, 0.2) is 0 Å². The maximum atomic E-state index is 12.5. The molecule has 1 N–H and O–H groups in total. The van der Waals surface area contributed by atoms with E-state index in [2.05, 4.69) is 22.2 Å². The summed E-state index contributed by atoms with van der Waals surface area (Å²) in [6.07, 6.45) is 3.75. The Labute approximate surface area is 165 Å². The molecular weight excluding hydrogens is 352 g/mol. The van der Waals surface area contributed by atoms with Gasteiger partial charge in [-0.25, -0.2) is 9.97 Å². The molecule has 0 radical (unpaired) electrons. The fourth-order valence-corrected chi connectivity index (χ4v) is 2.58. The zero-order chi connectivity index (χ0) is 19.8. The number of rotatable bonds is 8. The number of unbranched alkanes of at least 4 members (excludes halogenated alkanes) is 1. The van der Waals surface area contributed by atoms with Gasteiger partial charge in [0.05, 0.1) is 0 Å². The number of carbonyl (C=O) groups excluding carboxylic acids is 1. The Balaban J connectivity index is 1.63. The van der Waals surface area contributed by atoms with E-state index < -0.39 is 0 Å². The van der Waals surface area contributed by atoms with E-state index in [9.17, 15) is 4.79 Å². The summed E-state index contributed by atoms with van der Waals surface area (Å²) >= 11 is 0. The second-order valence-electron chi connectivity index (χ2n) is 6.41. The van der Waals surface area contributed by atoms with Crippen LogP contribution in [0.3, 0.4) is 0 Å². The molecule has 0 saturated heterocycles. The molecule has 28 heavy (non-hydrogen) atoms. The number of aromatic nitrogens is 2. The molecule has 0 bridgehead atoms. The van der Waals surface area contributed by atoms with Crippen LogP contribution in [0, 0.1) is 0 Å². The first kappa shape index (κ1) is 19.4. The molecule has 2 aromatic carbocycles. The Bertz CT molecular complexity index is 898. The minimum atomic E-state index is -0.274. The van der Waals surface area contributed by atoms with Crippen LogP contribution < -0.4 is 15.0 Å². The molecule has 0 fully saturated rings. The number of hydrogen-bond donors (Lipinski definition) is 1. The highest BCUT2D eigenvalue weighted by molar-refractivity contribution is 6.03. The van der Waals surface area contributed by atoms with Crippen molar-refractivity contribution in [3.05, 3.63) is 72.6 Å². The average Bonchev–Trinajstić information content (AvgIpc) is 2.74. The summed E-state index contributed by atoms with van der Waals surface area (Å²) in [6, 6.07) is 18.4. The molecule has 0 aliphatic rings. The van der Waals surface area contributed by atoms with Crippen molar-refractivity contribution in [2.75, 3.05) is 23.8 Å². The van der Waals surface area contributed by atoms with Crippen molar-refractivity contribution >= 4 is 17.5 Å². The van der Waals surface area contributed by atoms with Crippen molar-refractivity contribution in [2.45, 2.75) is 19.8 Å². The number of nitrogens with zero attached hydrogens (tertiary/aromatic N) is 3. The summed E-state index contributed by atoms with van der Waals surface area (Å²) < 4.78 is 5.76. The third-order valence-corrected chi connectivity index (χ3v) is 4.16. The first-order chi connectivity index (χ1) is 13.7. The molecule has 3 aromatic rings. The molecule has 0 atom stereocenters. The van der Waals surface area contributed by atoms with Gasteiger partial charge in [0, 0.05) is 25.5 Å². The number of benzene rings is 2. The van der Waals surface area contributed by atoms with Crippen LogP contribution in [0.15, 0.2) is 66.9 Å². The molecule has 1 aromatic heterocycles. The first-order valence-electron chi connectivity index (χ1n) is 9.34. The predicted molar refractivity (Wildman–Crippen MR) is 111 cm³/mol. The van der Waals surface area contributed by atoms with Crippen LogP contribution in [-0.2, 0) is 0 Å². The van der Waals surface area contributed by atoms with Gasteiger partial charge in [0.25, 0.3) is 5.91 Å². The Morgan fingerprint density at radius 1 is 1.04 bits per heavy atom. The minimum absolute atomic E-state index is 0.274. The summed E-state index contributed by atoms with van der Waals surface area (Å²) in [5.74, 6) is 1.74. The molecule has 0 aliphatic carbocycles. The maximum Gasteiger partial charge on any atom is 0.274 e. The lowest BCUT2D eigenvalue weighted by molar-refractivity contribution is 0.102. The second kappa shape index (κ2) is 9.50. The Morgan fingerprint density at radius 3 is 2.46 bits per heavy atom. The number of carbonyl (C=O) groups is 1. The van der Waals surface area contributed by atoms with E-state index >= 15 is 0 Å². The number of para-hydroxylation sites is 1. The van der Waals surface area contributed by atoms with E-state index in [-0.39, 0.29) is 5.91 Å². The van der Waals surface area contributed by atoms with E-state index in [1.807, 2.05) is 54.4 Å². The summed E-state index contributed by atoms with van der Waals surface area (Å²) in [4.78, 5) is 23.1. The summed E-state index contributed by atoms with van der Waals surface area (Å²) in [7, 11) is 1.93. The van der Waals surface area contributed by atoms with Crippen LogP contribution in [0.25, 0.3) is 0 Å². The number of anilines is 2. The van der Waals surface area contributed by atoms with E-state index in [4.69, 9.17) is 4.74 Å². The molecule has 144 valence electrons. The minimum Gasteiger partial charge on any atom is -0.457 e. The largest absolute Gasteiger partial charge is 0.457 e. The Morgan fingerprint density at radius 2 is 1.75 bits per heavy atom. The van der Waals surface area contributed by atoms with E-state index in [1.54, 1.807) is 24.4 Å². The molecule has 6 heteroatoms. The number of ether oxygens (including phenoxy) is 1. The lowest BCUT2D eigenvalue weighted by atomic mass is 10.3. The van der Waals surface area contributed by atoms with Gasteiger partial charge in [-0.05, 0) is 48.9 Å². The summed E-state index contributed by atoms with van der Waals surface area (Å²) in [5.41, 5.74) is 1.00. The molecule has 6 nitrogen and oxygen atoms in total. The topological polar surface area (TPSA) is 67.4 Å². The zero-order valence-corrected chi connectivity index (χ0v) is 16.1. The normalized spacial score (nSPS) is 10.4. The standard InChI is InChI=1S/C22H24N4O2/c1-3-4-16-26(2)22-23-15-14-20(25-22)21(27)24-17-10-12-19(13-11-17)28-18-8-6-5-7-9-18/h5-15H,3-4,16H2,1-2H3,(H,24,27). The summed E-state index contributed by atoms with van der Waals surface area (Å²) in [5, 5.41) is 2.86. The molecule has 0 saturated carbocycles. The fraction of sp³-hybridized carbons (Fsp3) is 0.227. The van der Waals surface area contributed by atoms with Gasteiger partial charge in [-0.1, -0.05) is 31.5 Å². The van der Waals surface area contributed by atoms with Gasteiger partial charge in [-0.3, -0.25) is 4.79 Å². The van der Waals surface area contributed by atoms with Gasteiger partial charge >= 0.3 is 0 Å². The van der Waals surface area contributed by atoms with Crippen LogP contribution in [0.1, 0.15) is 30.3 Å². The molecule has 0 aliphatic heterocycles. The van der Waals surface area contributed by atoms with E-state index in [1.165, 1.54) is 0 Å². The maximum absolute atomic E-state index is 12.5. The van der Waals surface area contributed by atoms with Crippen molar-refractivity contribution in [3.8, 4) is 11.5 Å². The number of hydrogen-bond acceptors (Lipinski definition) is 5. The zero-order valence-electron chi connectivity index (χ0n) is 16.1. The molecule has 1 heterocycles. The lowest BCUT2D eigenvalue weighted by Crippen LogP contribution is -2.22. The quantitative estimate of drug-likeness (QED) is 0.614. The van der Waals surface area contributed by atoms with Crippen LogP contribution in [0.2, 0.25) is 0 Å². The SMILES string of the molecule is CCCCN(C)c1nccc(C(=O)Nc2ccc(Oc3ccccc3)cc2)n1. The molecule has 0 spiro atoms. The first-order valence-corrected chi connectivity index (χ1v) is 9.34. The lowest BCUT2D eigenvalue weighted by Gasteiger charge is -2.16. The summed E-state index contributed by atoms with van der Waals surface area (Å²) in [6.45, 7) is 2.99. The predicted octanol–water partition coefficient (Wildman–Crippen LogP) is 4.76. The smallest absolute Gasteiger partial charge is 0.274 e. The van der Waals surface area contributed by atoms with E-state index in [0.717, 1.165) is 25.1 Å². The average molecular weight is 376 g/mol. The Hall–Kier alpha value is -3.41. The monoisotopic (exact) mass is 376 g/mol. The van der Waals surface area contributed by atoms with Gasteiger partial charge in [0.1, 0.15) is 17.2 Å². The third-order valence-electron chi connectivity index (χ3n) is 4.16. The van der Waals surface area contributed by atoms with Crippen molar-refractivity contribution in [1.82, 2.24) is 9.97 Å². The molecular formula is C22H24N4O2. The van der Waals surface area contributed by atoms with Crippen LogP contribution in [0.4, 0.5) is 11.6 Å². The van der Waals surface area contributed by atoms with Crippen LogP contribution >= 0.6 is 0 Å². The highest BCUT2D eigenvalue weighted by atomic mass is 16.5. The highest BCUT2D eigenvalue weighted by Gasteiger charge is 2.11. The number of nitrogens with one attached hydrogen (secondary N) is 1. The van der Waals surface area contributed by atoms with Crippen molar-refractivity contribution in [1.29, 1.82) is 0 Å². The Kier molecular flexibility index (Phi) is 6.57. The molecule has 0 unspecified atom stereocenters. The number of amides is 1. The molecule has 3 rings (SSSR count). The highest BCUT2D eigenvalue weighted by Crippen LogP contribution is 2.22. The second-order valence-corrected chi connectivity index (χ2v) is 6.41. The van der Waals surface area contributed by atoms with Crippen LogP contribution in [-0.4, -0.2) is 29.5 Å². The van der Waals surface area contributed by atoms with Crippen molar-refractivity contribution in [2.24, 2.45) is 0 Å². The van der Waals surface area contributed by atoms with Gasteiger partial charge in [-0.15, -0.1) is 0 Å². The van der Waals surface area contributed by atoms with Gasteiger partial charge in [0.2, 0.25) is 5.95 Å². The molecule has 1 amide bonds. The van der Waals surface area contributed by atoms with Gasteiger partial charge in [-0.2, -0.15) is 0 Å². The third kappa shape index (κ3) is 5.30. The van der Waals surface area contributed by atoms with Crippen LogP contribution in [0.5, 0.6) is 11.5 Å². The fourth-order valence-electron chi connectivity index (χ4n) is 2.58. The van der Waals surface area contributed by atoms with Crippen molar-refractivity contribution < 1.29 is 9.53 Å².